The van der Waals surface area contributed by atoms with E-state index in [9.17, 15) is 4.79 Å². The number of aryl methyl sites for hydroxylation is 2. The van der Waals surface area contributed by atoms with Crippen molar-refractivity contribution in [2.24, 2.45) is 0 Å². The number of anilines is 1. The third-order valence-corrected chi connectivity index (χ3v) is 3.41. The van der Waals surface area contributed by atoms with E-state index in [2.05, 4.69) is 15.3 Å². The molecule has 0 atom stereocenters. The highest BCUT2D eigenvalue weighted by Crippen LogP contribution is 2.10. The Morgan fingerprint density at radius 1 is 1.37 bits per heavy atom. The number of carbonyl (C=O) groups excluding carboxylic acids is 1. The molecule has 0 saturated carbocycles. The molecule has 1 aromatic rings. The lowest BCUT2D eigenvalue weighted by Crippen LogP contribution is -2.49. The van der Waals surface area contributed by atoms with Crippen LogP contribution in [0.1, 0.15) is 11.4 Å². The number of rotatable bonds is 3. The maximum absolute atomic E-state index is 12.1. The topological polar surface area (TPSA) is 61.4 Å². The lowest BCUT2D eigenvalue weighted by atomic mass is 10.3. The average Bonchev–Trinajstić information content (AvgIpc) is 2.42. The van der Waals surface area contributed by atoms with Gasteiger partial charge in [0.1, 0.15) is 5.82 Å². The minimum Gasteiger partial charge on any atom is -0.349 e. The zero-order valence-corrected chi connectivity index (χ0v) is 11.8. The average molecular weight is 263 g/mol. The van der Waals surface area contributed by atoms with Gasteiger partial charge in [-0.3, -0.25) is 9.78 Å². The molecule has 19 heavy (non-hydrogen) atoms. The number of amides is 1. The molecule has 2 heterocycles. The van der Waals surface area contributed by atoms with Gasteiger partial charge in [0.05, 0.1) is 24.1 Å². The molecule has 104 valence electrons. The van der Waals surface area contributed by atoms with Crippen molar-refractivity contribution in [2.75, 3.05) is 44.7 Å². The molecule has 0 aromatic carbocycles. The van der Waals surface area contributed by atoms with Gasteiger partial charge in [0.15, 0.2) is 0 Å². The molecular weight excluding hydrogens is 242 g/mol. The van der Waals surface area contributed by atoms with Crippen LogP contribution in [0.5, 0.6) is 0 Å². The van der Waals surface area contributed by atoms with E-state index in [4.69, 9.17) is 0 Å². The van der Waals surface area contributed by atoms with E-state index in [0.717, 1.165) is 43.4 Å². The van der Waals surface area contributed by atoms with Crippen LogP contribution in [-0.4, -0.2) is 60.5 Å². The van der Waals surface area contributed by atoms with E-state index in [-0.39, 0.29) is 5.91 Å². The van der Waals surface area contributed by atoms with Crippen molar-refractivity contribution >= 4 is 11.7 Å². The highest BCUT2D eigenvalue weighted by atomic mass is 16.2. The summed E-state index contributed by atoms with van der Waals surface area (Å²) in [6, 6.07) is 0. The number of piperazine rings is 1. The maximum atomic E-state index is 12.1. The Balaban J connectivity index is 1.97. The molecule has 6 heteroatoms. The minimum atomic E-state index is 0.143. The highest BCUT2D eigenvalue weighted by Gasteiger charge is 2.18. The molecule has 1 aromatic heterocycles. The molecule has 6 nitrogen and oxygen atoms in total. The zero-order chi connectivity index (χ0) is 13.8. The smallest absolute Gasteiger partial charge is 0.242 e. The summed E-state index contributed by atoms with van der Waals surface area (Å²) in [6.07, 6.45) is 1.72. The van der Waals surface area contributed by atoms with Crippen molar-refractivity contribution in [1.29, 1.82) is 0 Å². The lowest BCUT2D eigenvalue weighted by molar-refractivity contribution is -0.130. The molecule has 1 amide bonds. The summed E-state index contributed by atoms with van der Waals surface area (Å²) in [7, 11) is 1.87. The molecule has 1 aliphatic rings. The van der Waals surface area contributed by atoms with Crippen LogP contribution >= 0.6 is 0 Å². The first-order chi connectivity index (χ1) is 9.08. The fourth-order valence-corrected chi connectivity index (χ4v) is 2.01. The lowest BCUT2D eigenvalue weighted by Gasteiger charge is -2.29. The van der Waals surface area contributed by atoms with Crippen LogP contribution < -0.4 is 10.2 Å². The van der Waals surface area contributed by atoms with Crippen LogP contribution in [0.25, 0.3) is 0 Å². The van der Waals surface area contributed by atoms with Gasteiger partial charge < -0.3 is 15.1 Å². The highest BCUT2D eigenvalue weighted by molar-refractivity contribution is 5.81. The summed E-state index contributed by atoms with van der Waals surface area (Å²) in [6.45, 7) is 7.52. The van der Waals surface area contributed by atoms with Crippen LogP contribution in [0.2, 0.25) is 0 Å². The molecule has 0 aliphatic carbocycles. The fraction of sp³-hybridized carbons (Fsp3) is 0.615. The molecule has 1 saturated heterocycles. The normalized spacial score (nSPS) is 15.4. The SMILES string of the molecule is Cc1ncc(N(C)CC(=O)N2CCNCC2)nc1C. The Bertz CT molecular complexity index is 456. The van der Waals surface area contributed by atoms with Crippen LogP contribution in [-0.2, 0) is 4.79 Å². The summed E-state index contributed by atoms with van der Waals surface area (Å²) in [5.41, 5.74) is 1.82. The van der Waals surface area contributed by atoms with Gasteiger partial charge in [-0.25, -0.2) is 4.98 Å². The third-order valence-electron chi connectivity index (χ3n) is 3.41. The van der Waals surface area contributed by atoms with E-state index < -0.39 is 0 Å². The summed E-state index contributed by atoms with van der Waals surface area (Å²) in [5.74, 6) is 0.885. The second-order valence-corrected chi connectivity index (χ2v) is 4.89. The van der Waals surface area contributed by atoms with E-state index in [0.29, 0.717) is 6.54 Å². The van der Waals surface area contributed by atoms with Gasteiger partial charge in [0, 0.05) is 33.2 Å². The van der Waals surface area contributed by atoms with Gasteiger partial charge in [0.25, 0.3) is 0 Å². The van der Waals surface area contributed by atoms with Crippen LogP contribution in [0.15, 0.2) is 6.20 Å². The van der Waals surface area contributed by atoms with Crippen molar-refractivity contribution in [3.8, 4) is 0 Å². The van der Waals surface area contributed by atoms with Gasteiger partial charge in [-0.1, -0.05) is 0 Å². The molecule has 1 aliphatic heterocycles. The monoisotopic (exact) mass is 263 g/mol. The number of nitrogens with one attached hydrogen (secondary N) is 1. The Morgan fingerprint density at radius 2 is 2.05 bits per heavy atom. The number of hydrogen-bond acceptors (Lipinski definition) is 5. The second kappa shape index (κ2) is 5.97. The van der Waals surface area contributed by atoms with Crippen molar-refractivity contribution in [3.05, 3.63) is 17.6 Å². The first kappa shape index (κ1) is 13.7. The molecule has 0 radical (unpaired) electrons. The molecule has 1 fully saturated rings. The number of aromatic nitrogens is 2. The van der Waals surface area contributed by atoms with E-state index in [1.54, 1.807) is 6.20 Å². The van der Waals surface area contributed by atoms with Crippen LogP contribution in [0.4, 0.5) is 5.82 Å². The summed E-state index contributed by atoms with van der Waals surface area (Å²) < 4.78 is 0. The van der Waals surface area contributed by atoms with Crippen molar-refractivity contribution in [3.63, 3.8) is 0 Å². The number of nitrogens with zero attached hydrogens (tertiary/aromatic N) is 4. The second-order valence-electron chi connectivity index (χ2n) is 4.89. The van der Waals surface area contributed by atoms with Crippen molar-refractivity contribution in [1.82, 2.24) is 20.2 Å². The predicted molar refractivity (Wildman–Crippen MR) is 74.2 cm³/mol. The zero-order valence-electron chi connectivity index (χ0n) is 11.8. The molecule has 0 unspecified atom stereocenters. The van der Waals surface area contributed by atoms with Crippen molar-refractivity contribution < 1.29 is 4.79 Å². The van der Waals surface area contributed by atoms with E-state index in [1.807, 2.05) is 30.7 Å². The molecule has 0 bridgehead atoms. The predicted octanol–water partition coefficient (Wildman–Crippen LogP) is -0.0386. The van der Waals surface area contributed by atoms with Crippen LogP contribution in [0.3, 0.4) is 0 Å². The molecule has 1 N–H and O–H groups in total. The Morgan fingerprint density at radius 3 is 2.68 bits per heavy atom. The maximum Gasteiger partial charge on any atom is 0.242 e. The summed E-state index contributed by atoms with van der Waals surface area (Å²) in [4.78, 5) is 24.6. The molecular formula is C13H21N5O. The first-order valence-corrected chi connectivity index (χ1v) is 6.58. The minimum absolute atomic E-state index is 0.143. The summed E-state index contributed by atoms with van der Waals surface area (Å²) in [5, 5.41) is 3.24. The first-order valence-electron chi connectivity index (χ1n) is 6.58. The Hall–Kier alpha value is -1.69. The number of likely N-dealkylation sites (N-methyl/N-ethyl adjacent to an activating group) is 1. The number of carbonyl (C=O) groups is 1. The van der Waals surface area contributed by atoms with E-state index >= 15 is 0 Å². The van der Waals surface area contributed by atoms with E-state index in [1.165, 1.54) is 0 Å². The summed E-state index contributed by atoms with van der Waals surface area (Å²) >= 11 is 0. The van der Waals surface area contributed by atoms with Gasteiger partial charge in [-0.2, -0.15) is 0 Å². The largest absolute Gasteiger partial charge is 0.349 e. The van der Waals surface area contributed by atoms with Crippen molar-refractivity contribution in [2.45, 2.75) is 13.8 Å². The van der Waals surface area contributed by atoms with Gasteiger partial charge in [-0.15, -0.1) is 0 Å². The third kappa shape index (κ3) is 3.41. The fourth-order valence-electron chi connectivity index (χ4n) is 2.01. The molecule has 0 spiro atoms. The quantitative estimate of drug-likeness (QED) is 0.829. The Labute approximate surface area is 113 Å². The standard InChI is InChI=1S/C13H21N5O/c1-10-11(2)16-12(8-15-10)17(3)9-13(19)18-6-4-14-5-7-18/h8,14H,4-7,9H2,1-3H3. The van der Waals surface area contributed by atoms with Crippen LogP contribution in [0, 0.1) is 13.8 Å². The molecule has 2 rings (SSSR count). The van der Waals surface area contributed by atoms with Gasteiger partial charge in [0.2, 0.25) is 5.91 Å². The van der Waals surface area contributed by atoms with Gasteiger partial charge >= 0.3 is 0 Å². The van der Waals surface area contributed by atoms with Gasteiger partial charge in [-0.05, 0) is 13.8 Å². The Kier molecular flexibility index (Phi) is 4.31. The number of hydrogen-bond donors (Lipinski definition) is 1.